The van der Waals surface area contributed by atoms with Gasteiger partial charge in [-0.1, -0.05) is 13.8 Å². The first kappa shape index (κ1) is 19.2. The minimum Gasteiger partial charge on any atom is -0.363 e. The number of aromatic nitrogens is 2. The van der Waals surface area contributed by atoms with Gasteiger partial charge in [-0.05, 0) is 18.8 Å². The van der Waals surface area contributed by atoms with Gasteiger partial charge in [-0.2, -0.15) is 5.10 Å². The maximum Gasteiger partial charge on any atom is 0.220 e. The van der Waals surface area contributed by atoms with Crippen molar-refractivity contribution in [1.82, 2.24) is 19.4 Å². The summed E-state index contributed by atoms with van der Waals surface area (Å²) in [6.45, 7) is 5.36. The molecule has 2 rings (SSSR count). The highest BCUT2D eigenvalue weighted by Crippen LogP contribution is 2.44. The molecule has 1 aromatic rings. The van der Waals surface area contributed by atoms with Crippen molar-refractivity contribution >= 4 is 15.8 Å². The van der Waals surface area contributed by atoms with E-state index in [0.717, 1.165) is 29.9 Å². The third-order valence-corrected chi connectivity index (χ3v) is 7.31. The normalized spacial score (nSPS) is 16.9. The second-order valence-electron chi connectivity index (χ2n) is 7.43. The zero-order valence-electron chi connectivity index (χ0n) is 15.9. The van der Waals surface area contributed by atoms with Gasteiger partial charge in [0.05, 0.1) is 10.4 Å². The zero-order chi connectivity index (χ0) is 18.3. The van der Waals surface area contributed by atoms with Gasteiger partial charge in [0.25, 0.3) is 0 Å². The molecule has 24 heavy (non-hydrogen) atoms. The molecular weight excluding hydrogens is 326 g/mol. The quantitative estimate of drug-likeness (QED) is 0.755. The summed E-state index contributed by atoms with van der Waals surface area (Å²) in [5, 5.41) is 8.03. The minimum atomic E-state index is -3.23. The number of rotatable bonds is 8. The SMILES string of the molecule is CC(C)c1nn(C)c(N(C)C)c1CNCC1(S(=O)(=O)N(C)C)CC1. The Morgan fingerprint density at radius 2 is 1.83 bits per heavy atom. The summed E-state index contributed by atoms with van der Waals surface area (Å²) in [7, 11) is 5.94. The number of nitrogens with one attached hydrogen (secondary N) is 1. The first-order chi connectivity index (χ1) is 11.0. The lowest BCUT2D eigenvalue weighted by atomic mass is 10.1. The lowest BCUT2D eigenvalue weighted by Gasteiger charge is -2.22. The molecular formula is C16H31N5O2S. The van der Waals surface area contributed by atoms with Gasteiger partial charge in [0.15, 0.2) is 0 Å². The van der Waals surface area contributed by atoms with E-state index < -0.39 is 14.8 Å². The fourth-order valence-electron chi connectivity index (χ4n) is 3.24. The Bertz CT molecular complexity index is 688. The van der Waals surface area contributed by atoms with Crippen LogP contribution in [0.3, 0.4) is 0 Å². The Balaban J connectivity index is 2.16. The highest BCUT2D eigenvalue weighted by molar-refractivity contribution is 7.90. The maximum absolute atomic E-state index is 12.5. The first-order valence-electron chi connectivity index (χ1n) is 8.39. The van der Waals surface area contributed by atoms with Crippen LogP contribution in [0, 0.1) is 0 Å². The fraction of sp³-hybridized carbons (Fsp3) is 0.812. The van der Waals surface area contributed by atoms with Crippen LogP contribution in [0.5, 0.6) is 0 Å². The van der Waals surface area contributed by atoms with E-state index in [2.05, 4.69) is 29.2 Å². The Kier molecular flexibility index (Phi) is 5.32. The molecule has 0 unspecified atom stereocenters. The molecule has 1 aliphatic carbocycles. The number of anilines is 1. The number of nitrogens with zero attached hydrogens (tertiary/aromatic N) is 4. The van der Waals surface area contributed by atoms with Crippen molar-refractivity contribution in [1.29, 1.82) is 0 Å². The molecule has 0 atom stereocenters. The van der Waals surface area contributed by atoms with Gasteiger partial charge >= 0.3 is 0 Å². The summed E-state index contributed by atoms with van der Waals surface area (Å²) < 4.78 is 27.6. The Morgan fingerprint density at radius 3 is 2.25 bits per heavy atom. The highest BCUT2D eigenvalue weighted by atomic mass is 32.2. The summed E-state index contributed by atoms with van der Waals surface area (Å²) in [5.74, 6) is 1.38. The van der Waals surface area contributed by atoms with Gasteiger partial charge in [-0.25, -0.2) is 12.7 Å². The van der Waals surface area contributed by atoms with Crippen LogP contribution in [0.15, 0.2) is 0 Å². The van der Waals surface area contributed by atoms with Crippen molar-refractivity contribution in [2.75, 3.05) is 39.6 Å². The van der Waals surface area contributed by atoms with Crippen molar-refractivity contribution in [2.24, 2.45) is 7.05 Å². The Hall–Kier alpha value is -1.12. The monoisotopic (exact) mass is 357 g/mol. The first-order valence-corrected chi connectivity index (χ1v) is 9.83. The predicted octanol–water partition coefficient (Wildman–Crippen LogP) is 1.12. The van der Waals surface area contributed by atoms with Crippen LogP contribution >= 0.6 is 0 Å². The predicted molar refractivity (Wildman–Crippen MR) is 97.9 cm³/mol. The van der Waals surface area contributed by atoms with E-state index in [-0.39, 0.29) is 0 Å². The number of aryl methyl sites for hydroxylation is 1. The Labute approximate surface area is 146 Å². The van der Waals surface area contributed by atoms with E-state index in [1.165, 1.54) is 4.31 Å². The number of hydrogen-bond acceptors (Lipinski definition) is 5. The van der Waals surface area contributed by atoms with Gasteiger partial charge in [0.1, 0.15) is 5.82 Å². The number of sulfonamides is 1. The summed E-state index contributed by atoms with van der Waals surface area (Å²) in [6.07, 6.45) is 1.45. The van der Waals surface area contributed by atoms with E-state index in [0.29, 0.717) is 19.0 Å². The van der Waals surface area contributed by atoms with E-state index in [4.69, 9.17) is 0 Å². The largest absolute Gasteiger partial charge is 0.363 e. The Morgan fingerprint density at radius 1 is 1.25 bits per heavy atom. The van der Waals surface area contributed by atoms with Gasteiger partial charge < -0.3 is 10.2 Å². The second-order valence-corrected chi connectivity index (χ2v) is 9.98. The molecule has 0 bridgehead atoms. The molecule has 0 spiro atoms. The molecule has 0 radical (unpaired) electrons. The molecule has 0 aliphatic heterocycles. The lowest BCUT2D eigenvalue weighted by molar-refractivity contribution is 0.492. The van der Waals surface area contributed by atoms with Crippen molar-refractivity contribution in [3.05, 3.63) is 11.3 Å². The van der Waals surface area contributed by atoms with Crippen molar-refractivity contribution < 1.29 is 8.42 Å². The average Bonchev–Trinajstić information content (AvgIpc) is 3.17. The second kappa shape index (κ2) is 6.65. The van der Waals surface area contributed by atoms with E-state index in [1.807, 2.05) is 25.8 Å². The van der Waals surface area contributed by atoms with Crippen molar-refractivity contribution in [3.63, 3.8) is 0 Å². The molecule has 7 nitrogen and oxygen atoms in total. The van der Waals surface area contributed by atoms with E-state index in [9.17, 15) is 8.42 Å². The molecule has 1 heterocycles. The van der Waals surface area contributed by atoms with Gasteiger partial charge in [-0.15, -0.1) is 0 Å². The summed E-state index contributed by atoms with van der Waals surface area (Å²) >= 11 is 0. The molecule has 138 valence electrons. The average molecular weight is 358 g/mol. The molecule has 0 aromatic carbocycles. The van der Waals surface area contributed by atoms with Crippen LogP contribution in [0.4, 0.5) is 5.82 Å². The van der Waals surface area contributed by atoms with Crippen molar-refractivity contribution in [2.45, 2.75) is 43.9 Å². The minimum absolute atomic E-state index is 0.321. The van der Waals surface area contributed by atoms with Gasteiger partial charge in [0, 0.05) is 53.9 Å². The van der Waals surface area contributed by atoms with Crippen LogP contribution < -0.4 is 10.2 Å². The van der Waals surface area contributed by atoms with E-state index in [1.54, 1.807) is 14.1 Å². The molecule has 8 heteroatoms. The van der Waals surface area contributed by atoms with Gasteiger partial charge in [0.2, 0.25) is 10.0 Å². The summed E-state index contributed by atoms with van der Waals surface area (Å²) in [6, 6.07) is 0. The van der Waals surface area contributed by atoms with Crippen LogP contribution in [0.25, 0.3) is 0 Å². The zero-order valence-corrected chi connectivity index (χ0v) is 16.7. The van der Waals surface area contributed by atoms with Crippen molar-refractivity contribution in [3.8, 4) is 0 Å². The molecule has 1 aromatic heterocycles. The fourth-order valence-corrected chi connectivity index (χ4v) is 4.92. The molecule has 1 fully saturated rings. The molecule has 1 aliphatic rings. The van der Waals surface area contributed by atoms with E-state index >= 15 is 0 Å². The van der Waals surface area contributed by atoms with Crippen LogP contribution in [-0.4, -0.2) is 62.0 Å². The standard InChI is InChI=1S/C16H31N5O2S/c1-12(2)14-13(15(19(3)4)21(7)18-14)10-17-11-16(8-9-16)24(22,23)20(5)6/h12,17H,8-11H2,1-7H3. The molecule has 0 amide bonds. The third-order valence-electron chi connectivity index (χ3n) is 4.70. The molecule has 1 saturated carbocycles. The molecule has 1 N–H and O–H groups in total. The maximum atomic E-state index is 12.5. The van der Waals surface area contributed by atoms with Gasteiger partial charge in [-0.3, -0.25) is 4.68 Å². The third kappa shape index (κ3) is 3.32. The van der Waals surface area contributed by atoms with Crippen LogP contribution in [0.1, 0.15) is 43.9 Å². The summed E-state index contributed by atoms with van der Waals surface area (Å²) in [4.78, 5) is 2.05. The lowest BCUT2D eigenvalue weighted by Crippen LogP contribution is -2.42. The molecule has 0 saturated heterocycles. The highest BCUT2D eigenvalue weighted by Gasteiger charge is 2.55. The topological polar surface area (TPSA) is 70.5 Å². The smallest absolute Gasteiger partial charge is 0.220 e. The van der Waals surface area contributed by atoms with Crippen LogP contribution in [0.2, 0.25) is 0 Å². The summed E-state index contributed by atoms with van der Waals surface area (Å²) in [5.41, 5.74) is 2.21. The number of hydrogen-bond donors (Lipinski definition) is 1. The van der Waals surface area contributed by atoms with Crippen LogP contribution in [-0.2, 0) is 23.6 Å².